The Morgan fingerprint density at radius 1 is 1.53 bits per heavy atom. The number of nitrogens with two attached hydrogens (primary N) is 1. The molecule has 0 radical (unpaired) electrons. The van der Waals surface area contributed by atoms with Gasteiger partial charge in [-0.1, -0.05) is 20.8 Å². The third-order valence-corrected chi connectivity index (χ3v) is 2.42. The molecule has 6 heteroatoms. The summed E-state index contributed by atoms with van der Waals surface area (Å²) in [5.74, 6) is 0.619. The van der Waals surface area contributed by atoms with E-state index < -0.39 is 0 Å². The lowest BCUT2D eigenvalue weighted by atomic mass is 9.92. The van der Waals surface area contributed by atoms with Crippen molar-refractivity contribution in [3.63, 3.8) is 0 Å². The summed E-state index contributed by atoms with van der Waals surface area (Å²) >= 11 is 0. The van der Waals surface area contributed by atoms with E-state index in [1.165, 1.54) is 0 Å². The minimum Gasteiger partial charge on any atom is -0.384 e. The molecule has 1 aromatic rings. The van der Waals surface area contributed by atoms with Crippen LogP contribution in [0.3, 0.4) is 0 Å². The van der Waals surface area contributed by atoms with Crippen LogP contribution in [-0.2, 0) is 12.0 Å². The van der Waals surface area contributed by atoms with Gasteiger partial charge in [-0.15, -0.1) is 0 Å². The molecule has 1 aromatic heterocycles. The molecule has 0 saturated heterocycles. The van der Waals surface area contributed by atoms with Crippen LogP contribution >= 0.6 is 0 Å². The highest BCUT2D eigenvalue weighted by atomic mass is 16.2. The van der Waals surface area contributed by atoms with Crippen LogP contribution < -0.4 is 16.4 Å². The first-order valence-electron chi connectivity index (χ1n) is 5.64. The van der Waals surface area contributed by atoms with E-state index in [0.717, 1.165) is 5.69 Å². The van der Waals surface area contributed by atoms with Crippen LogP contribution in [0.4, 0.5) is 10.6 Å². The molecule has 0 fully saturated rings. The van der Waals surface area contributed by atoms with Gasteiger partial charge in [-0.25, -0.2) is 9.48 Å². The third kappa shape index (κ3) is 3.65. The van der Waals surface area contributed by atoms with Crippen LogP contribution in [-0.4, -0.2) is 29.4 Å². The van der Waals surface area contributed by atoms with Gasteiger partial charge in [-0.3, -0.25) is 0 Å². The molecule has 0 saturated carbocycles. The van der Waals surface area contributed by atoms with Gasteiger partial charge in [0.2, 0.25) is 0 Å². The van der Waals surface area contributed by atoms with Gasteiger partial charge in [0.1, 0.15) is 5.82 Å². The van der Waals surface area contributed by atoms with E-state index in [9.17, 15) is 4.79 Å². The number of hydrogen-bond donors (Lipinski definition) is 3. The van der Waals surface area contributed by atoms with E-state index in [2.05, 4.69) is 36.5 Å². The predicted octanol–water partition coefficient (Wildman–Crippen LogP) is 0.692. The molecular formula is C11H21N5O. The number of nitrogen functional groups attached to an aromatic ring is 1. The lowest BCUT2D eigenvalue weighted by Crippen LogP contribution is -2.35. The molecule has 4 N–H and O–H groups in total. The fourth-order valence-corrected chi connectivity index (χ4v) is 1.34. The number of nitrogens with zero attached hydrogens (tertiary/aromatic N) is 2. The number of nitrogens with one attached hydrogen (secondary N) is 2. The van der Waals surface area contributed by atoms with Crippen molar-refractivity contribution in [1.82, 2.24) is 20.4 Å². The molecule has 0 bridgehead atoms. The highest BCUT2D eigenvalue weighted by Gasteiger charge is 2.18. The smallest absolute Gasteiger partial charge is 0.314 e. The Bertz CT molecular complexity index is 391. The van der Waals surface area contributed by atoms with E-state index in [-0.39, 0.29) is 11.4 Å². The summed E-state index contributed by atoms with van der Waals surface area (Å²) in [5.41, 5.74) is 6.79. The van der Waals surface area contributed by atoms with Crippen molar-refractivity contribution >= 4 is 11.8 Å². The Balaban J connectivity index is 2.60. The number of carbonyl (C=O) groups is 1. The van der Waals surface area contributed by atoms with E-state index in [0.29, 0.717) is 18.9 Å². The Morgan fingerprint density at radius 3 is 2.65 bits per heavy atom. The van der Waals surface area contributed by atoms with E-state index in [4.69, 9.17) is 5.73 Å². The van der Waals surface area contributed by atoms with Gasteiger partial charge in [0.05, 0.1) is 12.2 Å². The average molecular weight is 239 g/mol. The highest BCUT2D eigenvalue weighted by molar-refractivity contribution is 5.73. The summed E-state index contributed by atoms with van der Waals surface area (Å²) in [7, 11) is 1.58. The second-order valence-electron chi connectivity index (χ2n) is 4.93. The molecule has 0 aromatic carbocycles. The van der Waals surface area contributed by atoms with Crippen molar-refractivity contribution in [2.75, 3.05) is 19.3 Å². The Kier molecular flexibility index (Phi) is 3.98. The lowest BCUT2D eigenvalue weighted by Gasteiger charge is -2.14. The quantitative estimate of drug-likeness (QED) is 0.725. The van der Waals surface area contributed by atoms with Crippen molar-refractivity contribution in [3.05, 3.63) is 11.8 Å². The first kappa shape index (κ1) is 13.3. The SMILES string of the molecule is CNC(=O)NCCn1nc(C(C)(C)C)cc1N. The molecule has 0 atom stereocenters. The molecule has 0 spiro atoms. The zero-order valence-electron chi connectivity index (χ0n) is 10.9. The standard InChI is InChI=1S/C11H21N5O/c1-11(2,3)8-7-9(12)16(15-8)6-5-14-10(17)13-4/h7H,5-6,12H2,1-4H3,(H2,13,14,17). The molecule has 2 amide bonds. The zero-order valence-corrected chi connectivity index (χ0v) is 10.9. The maximum absolute atomic E-state index is 11.0. The molecule has 1 rings (SSSR count). The van der Waals surface area contributed by atoms with Gasteiger partial charge in [0.25, 0.3) is 0 Å². The van der Waals surface area contributed by atoms with E-state index in [1.54, 1.807) is 11.7 Å². The normalized spacial score (nSPS) is 11.3. The van der Waals surface area contributed by atoms with Crippen molar-refractivity contribution in [2.45, 2.75) is 32.7 Å². The van der Waals surface area contributed by atoms with E-state index >= 15 is 0 Å². The number of aromatic nitrogens is 2. The third-order valence-electron chi connectivity index (χ3n) is 2.42. The number of urea groups is 1. The number of carbonyl (C=O) groups excluding carboxylic acids is 1. The Morgan fingerprint density at radius 2 is 2.18 bits per heavy atom. The van der Waals surface area contributed by atoms with Crippen molar-refractivity contribution in [2.24, 2.45) is 0 Å². The summed E-state index contributed by atoms with van der Waals surface area (Å²) < 4.78 is 1.70. The molecule has 0 unspecified atom stereocenters. The topological polar surface area (TPSA) is 85.0 Å². The second-order valence-corrected chi connectivity index (χ2v) is 4.93. The summed E-state index contributed by atoms with van der Waals surface area (Å²) in [6, 6.07) is 1.67. The fraction of sp³-hybridized carbons (Fsp3) is 0.636. The molecule has 0 aliphatic carbocycles. The van der Waals surface area contributed by atoms with Crippen LogP contribution in [0.2, 0.25) is 0 Å². The molecule has 6 nitrogen and oxygen atoms in total. The van der Waals surface area contributed by atoms with Crippen molar-refractivity contribution in [3.8, 4) is 0 Å². The zero-order chi connectivity index (χ0) is 13.1. The molecule has 0 aliphatic rings. The minimum absolute atomic E-state index is 0.0202. The van der Waals surface area contributed by atoms with Crippen LogP contribution in [0, 0.1) is 0 Å². The molecular weight excluding hydrogens is 218 g/mol. The summed E-state index contributed by atoms with van der Waals surface area (Å²) in [6.45, 7) is 7.32. The van der Waals surface area contributed by atoms with Gasteiger partial charge in [0, 0.05) is 25.1 Å². The average Bonchev–Trinajstić information content (AvgIpc) is 2.60. The van der Waals surface area contributed by atoms with Crippen molar-refractivity contribution in [1.29, 1.82) is 0 Å². The van der Waals surface area contributed by atoms with Crippen LogP contribution in [0.5, 0.6) is 0 Å². The molecule has 17 heavy (non-hydrogen) atoms. The summed E-state index contributed by atoms with van der Waals surface area (Å²) in [6.07, 6.45) is 0. The van der Waals surface area contributed by atoms with Gasteiger partial charge >= 0.3 is 6.03 Å². The van der Waals surface area contributed by atoms with Gasteiger partial charge < -0.3 is 16.4 Å². The maximum Gasteiger partial charge on any atom is 0.314 e. The monoisotopic (exact) mass is 239 g/mol. The minimum atomic E-state index is -0.202. The Hall–Kier alpha value is -1.72. The van der Waals surface area contributed by atoms with Crippen molar-refractivity contribution < 1.29 is 4.79 Å². The van der Waals surface area contributed by atoms with Crippen LogP contribution in [0.25, 0.3) is 0 Å². The number of hydrogen-bond acceptors (Lipinski definition) is 3. The summed E-state index contributed by atoms with van der Waals surface area (Å²) in [4.78, 5) is 11.0. The molecule has 96 valence electrons. The highest BCUT2D eigenvalue weighted by Crippen LogP contribution is 2.22. The van der Waals surface area contributed by atoms with Gasteiger partial charge in [-0.05, 0) is 0 Å². The van der Waals surface area contributed by atoms with Gasteiger partial charge in [-0.2, -0.15) is 5.10 Å². The molecule has 0 aliphatic heterocycles. The first-order chi connectivity index (χ1) is 7.84. The lowest BCUT2D eigenvalue weighted by molar-refractivity contribution is 0.242. The van der Waals surface area contributed by atoms with E-state index in [1.807, 2.05) is 6.07 Å². The number of rotatable bonds is 3. The number of amides is 2. The first-order valence-corrected chi connectivity index (χ1v) is 5.64. The largest absolute Gasteiger partial charge is 0.384 e. The molecule has 1 heterocycles. The predicted molar refractivity (Wildman–Crippen MR) is 67.8 cm³/mol. The fourth-order valence-electron chi connectivity index (χ4n) is 1.34. The Labute approximate surface area is 102 Å². The van der Waals surface area contributed by atoms with Crippen LogP contribution in [0.15, 0.2) is 6.07 Å². The van der Waals surface area contributed by atoms with Crippen LogP contribution in [0.1, 0.15) is 26.5 Å². The second kappa shape index (κ2) is 5.07. The number of anilines is 1. The summed E-state index contributed by atoms with van der Waals surface area (Å²) in [5, 5.41) is 9.60. The van der Waals surface area contributed by atoms with Gasteiger partial charge in [0.15, 0.2) is 0 Å². The maximum atomic E-state index is 11.0.